The Balaban J connectivity index is 0.00000361. The minimum Gasteiger partial charge on any atom is -0.324 e. The maximum atomic E-state index is 13.5. The minimum atomic E-state index is -5.02. The predicted octanol–water partition coefficient (Wildman–Crippen LogP) is 4.87. The van der Waals surface area contributed by atoms with Crippen molar-refractivity contribution in [1.29, 1.82) is 0 Å². The van der Waals surface area contributed by atoms with Gasteiger partial charge in [-0.05, 0) is 12.1 Å². The first kappa shape index (κ1) is 19.3. The standard InChI is InChI=1S/C10H7ClF7N.ClH/c11-5-2-1-4(10(16,17)18)7(8(5)12)6(19)3-9(13,14)15;/h1-2,6H,3,19H2;1H/t6-;/m1./s1. The van der Waals surface area contributed by atoms with Crippen LogP contribution in [0.2, 0.25) is 5.02 Å². The molecule has 1 aromatic rings. The zero-order valence-corrected chi connectivity index (χ0v) is 11.0. The highest BCUT2D eigenvalue weighted by Crippen LogP contribution is 2.40. The Morgan fingerprint density at radius 2 is 1.60 bits per heavy atom. The van der Waals surface area contributed by atoms with E-state index in [0.29, 0.717) is 12.1 Å². The summed E-state index contributed by atoms with van der Waals surface area (Å²) in [6.45, 7) is 0. The highest BCUT2D eigenvalue weighted by Gasteiger charge is 2.40. The van der Waals surface area contributed by atoms with Crippen LogP contribution in [0, 0.1) is 5.82 Å². The molecule has 10 heteroatoms. The summed E-state index contributed by atoms with van der Waals surface area (Å²) in [5.74, 6) is -1.59. The topological polar surface area (TPSA) is 26.0 Å². The van der Waals surface area contributed by atoms with E-state index < -0.39 is 46.8 Å². The van der Waals surface area contributed by atoms with Crippen molar-refractivity contribution >= 4 is 24.0 Å². The summed E-state index contributed by atoms with van der Waals surface area (Å²) in [6, 6.07) is -1.17. The Bertz CT molecular complexity index is 470. The van der Waals surface area contributed by atoms with Crippen molar-refractivity contribution in [3.8, 4) is 0 Å². The Labute approximate surface area is 120 Å². The highest BCUT2D eigenvalue weighted by molar-refractivity contribution is 6.30. The van der Waals surface area contributed by atoms with E-state index in [1.807, 2.05) is 0 Å². The van der Waals surface area contributed by atoms with Gasteiger partial charge in [0.25, 0.3) is 0 Å². The van der Waals surface area contributed by atoms with E-state index in [0.717, 1.165) is 0 Å². The molecule has 0 radical (unpaired) electrons. The summed E-state index contributed by atoms with van der Waals surface area (Å²) in [6.07, 6.45) is -11.6. The Hall–Kier alpha value is -0.730. The lowest BCUT2D eigenvalue weighted by atomic mass is 9.97. The average Bonchev–Trinajstić information content (AvgIpc) is 2.17. The van der Waals surface area contributed by atoms with Gasteiger partial charge >= 0.3 is 12.4 Å². The first-order valence-corrected chi connectivity index (χ1v) is 5.18. The summed E-state index contributed by atoms with van der Waals surface area (Å²) in [5.41, 5.74) is 2.19. The Morgan fingerprint density at radius 1 is 1.10 bits per heavy atom. The Morgan fingerprint density at radius 3 is 2.00 bits per heavy atom. The summed E-state index contributed by atoms with van der Waals surface area (Å²) >= 11 is 5.27. The molecule has 2 N–H and O–H groups in total. The molecule has 1 aromatic carbocycles. The van der Waals surface area contributed by atoms with Gasteiger partial charge in [0.15, 0.2) is 0 Å². The SMILES string of the molecule is Cl.N[C@H](CC(F)(F)F)c1c(C(F)(F)F)ccc(Cl)c1F. The molecule has 1 rings (SSSR count). The fourth-order valence-corrected chi connectivity index (χ4v) is 1.69. The predicted molar refractivity (Wildman–Crippen MR) is 61.3 cm³/mol. The molecule has 116 valence electrons. The minimum absolute atomic E-state index is 0. The quantitative estimate of drug-likeness (QED) is 0.760. The number of alkyl halides is 6. The van der Waals surface area contributed by atoms with Crippen LogP contribution in [0.1, 0.15) is 23.6 Å². The van der Waals surface area contributed by atoms with Gasteiger partial charge in [-0.2, -0.15) is 26.3 Å². The van der Waals surface area contributed by atoms with Crippen LogP contribution in [0.3, 0.4) is 0 Å². The second-order valence-electron chi connectivity index (χ2n) is 3.75. The van der Waals surface area contributed by atoms with Gasteiger partial charge in [0, 0.05) is 11.6 Å². The molecule has 0 heterocycles. The fourth-order valence-electron chi connectivity index (χ4n) is 1.53. The van der Waals surface area contributed by atoms with Crippen molar-refractivity contribution in [3.05, 3.63) is 34.1 Å². The largest absolute Gasteiger partial charge is 0.416 e. The lowest BCUT2D eigenvalue weighted by Crippen LogP contribution is -2.24. The van der Waals surface area contributed by atoms with E-state index in [1.54, 1.807) is 0 Å². The fraction of sp³-hybridized carbons (Fsp3) is 0.400. The third-order valence-electron chi connectivity index (χ3n) is 2.26. The number of benzene rings is 1. The second kappa shape index (κ2) is 6.36. The monoisotopic (exact) mass is 345 g/mol. The zero-order chi connectivity index (χ0) is 15.0. The molecule has 0 unspecified atom stereocenters. The molecule has 20 heavy (non-hydrogen) atoms. The lowest BCUT2D eigenvalue weighted by molar-refractivity contribution is -0.145. The highest BCUT2D eigenvalue weighted by atomic mass is 35.5. The van der Waals surface area contributed by atoms with Crippen molar-refractivity contribution < 1.29 is 30.7 Å². The molecule has 0 aliphatic rings. The summed E-state index contributed by atoms with van der Waals surface area (Å²) < 4.78 is 87.8. The third-order valence-corrected chi connectivity index (χ3v) is 2.55. The molecular weight excluding hydrogens is 338 g/mol. The van der Waals surface area contributed by atoms with Crippen LogP contribution in [0.25, 0.3) is 0 Å². The van der Waals surface area contributed by atoms with Crippen LogP contribution in [-0.2, 0) is 6.18 Å². The van der Waals surface area contributed by atoms with E-state index in [9.17, 15) is 30.7 Å². The van der Waals surface area contributed by atoms with Crippen LogP contribution < -0.4 is 5.73 Å². The van der Waals surface area contributed by atoms with Crippen molar-refractivity contribution in [2.45, 2.75) is 24.8 Å². The van der Waals surface area contributed by atoms with Crippen LogP contribution in [0.15, 0.2) is 12.1 Å². The van der Waals surface area contributed by atoms with E-state index in [-0.39, 0.29) is 12.4 Å². The van der Waals surface area contributed by atoms with Crippen molar-refractivity contribution in [3.63, 3.8) is 0 Å². The number of nitrogens with two attached hydrogens (primary N) is 1. The molecule has 1 atom stereocenters. The van der Waals surface area contributed by atoms with Crippen LogP contribution >= 0.6 is 24.0 Å². The van der Waals surface area contributed by atoms with Crippen LogP contribution in [0.5, 0.6) is 0 Å². The van der Waals surface area contributed by atoms with Gasteiger partial charge in [-0.1, -0.05) is 11.6 Å². The zero-order valence-electron chi connectivity index (χ0n) is 9.45. The van der Waals surface area contributed by atoms with Crippen LogP contribution in [-0.4, -0.2) is 6.18 Å². The molecule has 0 aromatic heterocycles. The van der Waals surface area contributed by atoms with Gasteiger partial charge < -0.3 is 5.73 Å². The van der Waals surface area contributed by atoms with Gasteiger partial charge in [0.05, 0.1) is 17.0 Å². The number of hydrogen-bond donors (Lipinski definition) is 1. The number of rotatable bonds is 2. The maximum absolute atomic E-state index is 13.5. The van der Waals surface area contributed by atoms with E-state index in [2.05, 4.69) is 0 Å². The first-order chi connectivity index (χ1) is 8.43. The van der Waals surface area contributed by atoms with Crippen LogP contribution in [0.4, 0.5) is 30.7 Å². The second-order valence-corrected chi connectivity index (χ2v) is 4.15. The molecule has 1 nitrogen and oxygen atoms in total. The molecule has 0 amide bonds. The number of hydrogen-bond acceptors (Lipinski definition) is 1. The molecule has 0 saturated heterocycles. The molecule has 0 spiro atoms. The van der Waals surface area contributed by atoms with E-state index in [4.69, 9.17) is 17.3 Å². The van der Waals surface area contributed by atoms with Crippen molar-refractivity contribution in [2.75, 3.05) is 0 Å². The van der Waals surface area contributed by atoms with Gasteiger partial charge in [-0.25, -0.2) is 4.39 Å². The normalized spacial score (nSPS) is 13.8. The summed E-state index contributed by atoms with van der Waals surface area (Å²) in [7, 11) is 0. The molecule has 0 fully saturated rings. The summed E-state index contributed by atoms with van der Waals surface area (Å²) in [5, 5.41) is -0.722. The van der Waals surface area contributed by atoms with Gasteiger partial charge in [0.1, 0.15) is 5.82 Å². The average molecular weight is 346 g/mol. The molecule has 0 aliphatic carbocycles. The molecular formula is C10H8Cl2F7N. The summed E-state index contributed by atoms with van der Waals surface area (Å²) in [4.78, 5) is 0. The van der Waals surface area contributed by atoms with Gasteiger partial charge in [-0.15, -0.1) is 12.4 Å². The van der Waals surface area contributed by atoms with Gasteiger partial charge in [0.2, 0.25) is 0 Å². The number of halogens is 9. The lowest BCUT2D eigenvalue weighted by Gasteiger charge is -2.20. The van der Waals surface area contributed by atoms with E-state index >= 15 is 0 Å². The molecule has 0 bridgehead atoms. The smallest absolute Gasteiger partial charge is 0.324 e. The first-order valence-electron chi connectivity index (χ1n) is 4.81. The van der Waals surface area contributed by atoms with Crippen molar-refractivity contribution in [2.24, 2.45) is 5.73 Å². The maximum Gasteiger partial charge on any atom is 0.416 e. The molecule has 0 aliphatic heterocycles. The van der Waals surface area contributed by atoms with Gasteiger partial charge in [-0.3, -0.25) is 0 Å². The molecule has 0 saturated carbocycles. The third kappa shape index (κ3) is 4.68. The van der Waals surface area contributed by atoms with Crippen molar-refractivity contribution in [1.82, 2.24) is 0 Å². The Kier molecular flexibility index (Phi) is 6.13. The van der Waals surface area contributed by atoms with E-state index in [1.165, 1.54) is 0 Å².